The number of carbonyl (C=O) groups is 3. The molecule has 0 fully saturated rings. The molecule has 0 amide bonds. The first-order valence-corrected chi connectivity index (χ1v) is 31.4. The van der Waals surface area contributed by atoms with Crippen LogP contribution < -0.4 is 0 Å². The van der Waals surface area contributed by atoms with Crippen molar-refractivity contribution in [3.63, 3.8) is 0 Å². The molecule has 0 aliphatic heterocycles. The van der Waals surface area contributed by atoms with E-state index in [0.717, 1.165) is 96.3 Å². The minimum absolute atomic E-state index is 0.0935. The van der Waals surface area contributed by atoms with Crippen LogP contribution in [0.25, 0.3) is 0 Å². The van der Waals surface area contributed by atoms with Gasteiger partial charge in [-0.2, -0.15) is 0 Å². The topological polar surface area (TPSA) is 78.9 Å². The van der Waals surface area contributed by atoms with Crippen LogP contribution in [0.15, 0.2) is 109 Å². The molecule has 0 saturated heterocycles. The second-order valence-corrected chi connectivity index (χ2v) is 20.6. The van der Waals surface area contributed by atoms with E-state index in [1.807, 2.05) is 6.08 Å². The van der Waals surface area contributed by atoms with Gasteiger partial charge >= 0.3 is 17.9 Å². The van der Waals surface area contributed by atoms with E-state index < -0.39 is 12.1 Å². The summed E-state index contributed by atoms with van der Waals surface area (Å²) in [7, 11) is 0. The quantitative estimate of drug-likeness (QED) is 0.0261. The first kappa shape index (κ1) is 71.1. The Balaban J connectivity index is 4.30. The molecular weight excluding hydrogens is 925 g/mol. The highest BCUT2D eigenvalue weighted by molar-refractivity contribution is 5.72. The molecule has 0 N–H and O–H groups in total. The molecule has 1 unspecified atom stereocenters. The van der Waals surface area contributed by atoms with Gasteiger partial charge in [0.1, 0.15) is 13.2 Å². The molecule has 0 aromatic carbocycles. The van der Waals surface area contributed by atoms with Gasteiger partial charge in [-0.1, -0.05) is 271 Å². The summed E-state index contributed by atoms with van der Waals surface area (Å²) in [4.78, 5) is 38.1. The maximum absolute atomic E-state index is 12.8. The van der Waals surface area contributed by atoms with Crippen molar-refractivity contribution in [3.8, 4) is 0 Å². The molecule has 1 atom stereocenters. The van der Waals surface area contributed by atoms with Gasteiger partial charge in [0.2, 0.25) is 0 Å². The zero-order chi connectivity index (χ0) is 54.3. The van der Waals surface area contributed by atoms with Gasteiger partial charge in [-0.05, 0) is 109 Å². The van der Waals surface area contributed by atoms with Gasteiger partial charge in [-0.25, -0.2) is 0 Å². The number of allylic oxidation sites excluding steroid dienone is 17. The molecule has 0 saturated carbocycles. The first-order valence-electron chi connectivity index (χ1n) is 31.4. The normalized spacial score (nSPS) is 12.8. The number of unbranched alkanes of at least 4 members (excludes halogenated alkanes) is 28. The Bertz CT molecular complexity index is 1520. The SMILES string of the molecule is CC/C=C\C/C=C\C/C=C\C/C=C\C/C=C\CC(=O)OC(COC(=O)CCCCCCC/C=C\CCCCCC)COC(=O)CCCCCCCCCCCCCCCC/C=C\C/C=C\C/C=C\CCCCCCC. The van der Waals surface area contributed by atoms with Crippen LogP contribution in [-0.2, 0) is 28.6 Å². The molecule has 75 heavy (non-hydrogen) atoms. The lowest BCUT2D eigenvalue weighted by Gasteiger charge is -2.18. The largest absolute Gasteiger partial charge is 0.462 e. The molecular formula is C69H116O6. The lowest BCUT2D eigenvalue weighted by Crippen LogP contribution is -2.30. The van der Waals surface area contributed by atoms with Crippen LogP contribution >= 0.6 is 0 Å². The minimum atomic E-state index is -0.837. The van der Waals surface area contributed by atoms with Gasteiger partial charge in [-0.3, -0.25) is 14.4 Å². The van der Waals surface area contributed by atoms with E-state index in [1.165, 1.54) is 154 Å². The van der Waals surface area contributed by atoms with Gasteiger partial charge in [0, 0.05) is 12.8 Å². The predicted molar refractivity (Wildman–Crippen MR) is 325 cm³/mol. The fourth-order valence-corrected chi connectivity index (χ4v) is 8.58. The minimum Gasteiger partial charge on any atom is -0.462 e. The van der Waals surface area contributed by atoms with Crippen molar-refractivity contribution in [1.82, 2.24) is 0 Å². The van der Waals surface area contributed by atoms with Gasteiger partial charge in [0.05, 0.1) is 6.42 Å². The molecule has 0 rings (SSSR count). The van der Waals surface area contributed by atoms with Crippen molar-refractivity contribution in [2.75, 3.05) is 13.2 Å². The van der Waals surface area contributed by atoms with Crippen molar-refractivity contribution in [3.05, 3.63) is 109 Å². The molecule has 0 spiro atoms. The second-order valence-electron chi connectivity index (χ2n) is 20.6. The molecule has 0 aromatic heterocycles. The molecule has 0 radical (unpaired) electrons. The average Bonchev–Trinajstić information content (AvgIpc) is 3.41. The van der Waals surface area contributed by atoms with Crippen LogP contribution in [0.1, 0.15) is 290 Å². The summed E-state index contributed by atoms with van der Waals surface area (Å²) in [6, 6.07) is 0. The number of carbonyl (C=O) groups excluding carboxylic acids is 3. The van der Waals surface area contributed by atoms with Crippen LogP contribution in [-0.4, -0.2) is 37.2 Å². The van der Waals surface area contributed by atoms with Gasteiger partial charge < -0.3 is 14.2 Å². The Morgan fingerprint density at radius 1 is 0.293 bits per heavy atom. The molecule has 6 nitrogen and oxygen atoms in total. The molecule has 0 aliphatic carbocycles. The third-order valence-corrected chi connectivity index (χ3v) is 13.3. The van der Waals surface area contributed by atoms with Crippen LogP contribution in [0.2, 0.25) is 0 Å². The maximum atomic E-state index is 12.8. The monoisotopic (exact) mass is 1040 g/mol. The Morgan fingerprint density at radius 3 is 0.907 bits per heavy atom. The third kappa shape index (κ3) is 60.8. The predicted octanol–water partition coefficient (Wildman–Crippen LogP) is 21.4. The second kappa shape index (κ2) is 62.6. The summed E-state index contributed by atoms with van der Waals surface area (Å²) in [6.07, 6.45) is 85.6. The van der Waals surface area contributed by atoms with Crippen LogP contribution in [0, 0.1) is 0 Å². The highest BCUT2D eigenvalue weighted by Crippen LogP contribution is 2.16. The number of hydrogen-bond acceptors (Lipinski definition) is 6. The van der Waals surface area contributed by atoms with E-state index in [0.29, 0.717) is 12.8 Å². The summed E-state index contributed by atoms with van der Waals surface area (Å²) in [5, 5.41) is 0. The molecule has 0 heterocycles. The van der Waals surface area contributed by atoms with Crippen molar-refractivity contribution in [2.45, 2.75) is 297 Å². The lowest BCUT2D eigenvalue weighted by atomic mass is 10.0. The Labute approximate surface area is 463 Å². The highest BCUT2D eigenvalue weighted by Gasteiger charge is 2.19. The van der Waals surface area contributed by atoms with Crippen LogP contribution in [0.3, 0.4) is 0 Å². The smallest absolute Gasteiger partial charge is 0.310 e. The van der Waals surface area contributed by atoms with Crippen molar-refractivity contribution >= 4 is 17.9 Å². The molecule has 6 heteroatoms. The van der Waals surface area contributed by atoms with Gasteiger partial charge in [0.25, 0.3) is 0 Å². The van der Waals surface area contributed by atoms with Crippen molar-refractivity contribution < 1.29 is 28.6 Å². The Kier molecular flexibility index (Phi) is 59.3. The van der Waals surface area contributed by atoms with Crippen LogP contribution in [0.4, 0.5) is 0 Å². The molecule has 0 aromatic rings. The lowest BCUT2D eigenvalue weighted by molar-refractivity contribution is -0.166. The van der Waals surface area contributed by atoms with E-state index in [9.17, 15) is 14.4 Å². The average molecular weight is 1040 g/mol. The van der Waals surface area contributed by atoms with Gasteiger partial charge in [-0.15, -0.1) is 0 Å². The number of esters is 3. The Hall–Kier alpha value is -3.93. The fraction of sp³-hybridized carbons (Fsp3) is 0.696. The summed E-state index contributed by atoms with van der Waals surface area (Å²) in [6.45, 7) is 6.42. The fourth-order valence-electron chi connectivity index (χ4n) is 8.58. The Morgan fingerprint density at radius 2 is 0.560 bits per heavy atom. The molecule has 428 valence electrons. The number of ether oxygens (including phenoxy) is 3. The third-order valence-electron chi connectivity index (χ3n) is 13.3. The zero-order valence-corrected chi connectivity index (χ0v) is 49.0. The van der Waals surface area contributed by atoms with E-state index in [4.69, 9.17) is 14.2 Å². The summed E-state index contributed by atoms with van der Waals surface area (Å²) >= 11 is 0. The van der Waals surface area contributed by atoms with Crippen molar-refractivity contribution in [2.24, 2.45) is 0 Å². The van der Waals surface area contributed by atoms with E-state index >= 15 is 0 Å². The van der Waals surface area contributed by atoms with Crippen molar-refractivity contribution in [1.29, 1.82) is 0 Å². The first-order chi connectivity index (χ1) is 37.0. The number of hydrogen-bond donors (Lipinski definition) is 0. The zero-order valence-electron chi connectivity index (χ0n) is 49.0. The van der Waals surface area contributed by atoms with E-state index in [-0.39, 0.29) is 31.6 Å². The summed E-state index contributed by atoms with van der Waals surface area (Å²) in [5.74, 6) is -1.06. The van der Waals surface area contributed by atoms with E-state index in [2.05, 4.69) is 118 Å². The maximum Gasteiger partial charge on any atom is 0.310 e. The summed E-state index contributed by atoms with van der Waals surface area (Å²) in [5.41, 5.74) is 0. The van der Waals surface area contributed by atoms with Gasteiger partial charge in [0.15, 0.2) is 6.10 Å². The standard InChI is InChI=1S/C69H116O6/c1-4-7-10-13-16-19-22-25-27-28-29-30-31-32-33-34-35-36-37-38-39-40-42-44-47-50-53-56-59-62-68(71)74-65-66(64-73-67(70)61-58-55-52-49-46-43-24-21-18-15-12-9-6-3)75-69(72)63-60-57-54-51-48-45-41-26-23-20-17-14-11-8-5-2/h8,11,17,20-22,24-26,28-29,31-32,41,48,51,57,60,66H,4-7,9-10,12-16,18-19,23,27,30,33-40,42-47,49-50,52-56,58-59,61-65H2,1-3H3/b11-8-,20-17-,24-21-,25-22-,29-28-,32-31-,41-26-,51-48-,60-57-. The number of rotatable bonds is 56. The van der Waals surface area contributed by atoms with Crippen LogP contribution in [0.5, 0.6) is 0 Å². The molecule has 0 bridgehead atoms. The highest BCUT2D eigenvalue weighted by atomic mass is 16.6. The summed E-state index contributed by atoms with van der Waals surface area (Å²) < 4.78 is 16.8. The molecule has 0 aliphatic rings. The van der Waals surface area contributed by atoms with E-state index in [1.54, 1.807) is 6.08 Å².